The first-order valence-electron chi connectivity index (χ1n) is 17.0. The smallest absolute Gasteiger partial charge is 0.262 e. The van der Waals surface area contributed by atoms with Crippen LogP contribution in [0.1, 0.15) is 73.3 Å². The van der Waals surface area contributed by atoms with E-state index in [0.29, 0.717) is 24.4 Å². The molecule has 0 radical (unpaired) electrons. The molecule has 1 N–H and O–H groups in total. The molecule has 2 aliphatic carbocycles. The number of amides is 1. The number of nitrogens with zero attached hydrogens (tertiary/aromatic N) is 3. The number of benzene rings is 2. The first kappa shape index (κ1) is 33.1. The van der Waals surface area contributed by atoms with Crippen LogP contribution in [0, 0.1) is 17.8 Å². The van der Waals surface area contributed by atoms with Gasteiger partial charge in [-0.15, -0.1) is 0 Å². The summed E-state index contributed by atoms with van der Waals surface area (Å²) in [6, 6.07) is 13.7. The van der Waals surface area contributed by atoms with Crippen LogP contribution in [0.15, 0.2) is 67.0 Å². The number of fused-ring (bicyclic) bond motifs is 4. The van der Waals surface area contributed by atoms with Crippen LogP contribution in [0.2, 0.25) is 5.02 Å². The average Bonchev–Trinajstić information content (AvgIpc) is 3.22. The summed E-state index contributed by atoms with van der Waals surface area (Å²) in [6.07, 6.45) is 13.4. The Hall–Kier alpha value is -3.40. The van der Waals surface area contributed by atoms with E-state index in [0.717, 1.165) is 61.7 Å². The van der Waals surface area contributed by atoms with Crippen molar-refractivity contribution in [2.75, 3.05) is 31.7 Å². The summed E-state index contributed by atoms with van der Waals surface area (Å²) in [5.41, 5.74) is 2.78. The number of carbonyl (C=O) groups excluding carboxylic acids is 1. The molecule has 8 nitrogen and oxygen atoms in total. The highest BCUT2D eigenvalue weighted by atomic mass is 35.5. The van der Waals surface area contributed by atoms with E-state index in [1.54, 1.807) is 25.6 Å². The van der Waals surface area contributed by atoms with Crippen molar-refractivity contribution >= 4 is 38.8 Å². The normalized spacial score (nSPS) is 34.1. The van der Waals surface area contributed by atoms with E-state index in [9.17, 15) is 9.00 Å². The number of anilines is 1. The highest BCUT2D eigenvalue weighted by molar-refractivity contribution is 7.99. The van der Waals surface area contributed by atoms with Gasteiger partial charge in [-0.25, -0.2) is 14.2 Å². The van der Waals surface area contributed by atoms with E-state index in [1.807, 2.05) is 38.1 Å². The molecular formula is C38H45ClN4O4S. The first-order chi connectivity index (χ1) is 23.0. The van der Waals surface area contributed by atoms with Gasteiger partial charge in [0.25, 0.3) is 5.91 Å². The molecule has 10 heteroatoms. The molecule has 1 spiro atoms. The minimum Gasteiger partial charge on any atom is -0.490 e. The third-order valence-corrected chi connectivity index (χ3v) is 13.9. The maximum Gasteiger partial charge on any atom is 0.262 e. The van der Waals surface area contributed by atoms with Gasteiger partial charge >= 0.3 is 0 Å². The molecule has 1 amide bonds. The van der Waals surface area contributed by atoms with Crippen LogP contribution in [0.5, 0.6) is 5.75 Å². The summed E-state index contributed by atoms with van der Waals surface area (Å²) in [5, 5.41) is 0.375. The largest absolute Gasteiger partial charge is 0.490 e. The number of ether oxygens (including phenoxy) is 2. The quantitative estimate of drug-likeness (QED) is 0.242. The lowest BCUT2D eigenvalue weighted by Crippen LogP contribution is -2.52. The molecule has 1 aromatic heterocycles. The summed E-state index contributed by atoms with van der Waals surface area (Å²) in [7, 11) is -1.23. The Morgan fingerprint density at radius 3 is 2.71 bits per heavy atom. The fourth-order valence-electron chi connectivity index (χ4n) is 8.40. The number of halogens is 1. The van der Waals surface area contributed by atoms with Gasteiger partial charge in [-0.3, -0.25) is 9.52 Å². The summed E-state index contributed by atoms with van der Waals surface area (Å²) in [4.78, 5) is 25.6. The van der Waals surface area contributed by atoms with E-state index in [4.69, 9.17) is 31.0 Å². The minimum absolute atomic E-state index is 0.0248. The average molecular weight is 689 g/mol. The molecule has 1 unspecified atom stereocenters. The van der Waals surface area contributed by atoms with Crippen LogP contribution in [0.3, 0.4) is 0 Å². The van der Waals surface area contributed by atoms with Gasteiger partial charge in [0.2, 0.25) is 0 Å². The van der Waals surface area contributed by atoms with Gasteiger partial charge in [-0.1, -0.05) is 30.7 Å². The first-order valence-corrected chi connectivity index (χ1v) is 19.2. The van der Waals surface area contributed by atoms with Crippen molar-refractivity contribution in [3.8, 4) is 5.75 Å². The number of nitrogens with one attached hydrogen (secondary N) is 1. The zero-order valence-corrected chi connectivity index (χ0v) is 29.6. The topological polar surface area (TPSA) is 93.7 Å². The molecule has 1 fully saturated rings. The highest BCUT2D eigenvalue weighted by Crippen LogP contribution is 2.51. The Labute approximate surface area is 289 Å². The van der Waals surface area contributed by atoms with Gasteiger partial charge in [0.15, 0.2) is 5.82 Å². The van der Waals surface area contributed by atoms with Gasteiger partial charge in [-0.05, 0) is 117 Å². The van der Waals surface area contributed by atoms with Crippen molar-refractivity contribution < 1.29 is 18.5 Å². The molecule has 0 saturated heterocycles. The van der Waals surface area contributed by atoms with Gasteiger partial charge < -0.3 is 14.4 Å². The Kier molecular flexibility index (Phi) is 8.84. The van der Waals surface area contributed by atoms with E-state index in [2.05, 4.69) is 39.8 Å². The monoisotopic (exact) mass is 688 g/mol. The predicted molar refractivity (Wildman–Crippen MR) is 192 cm³/mol. The number of hydrogen-bond acceptors (Lipinski definition) is 7. The van der Waals surface area contributed by atoms with Gasteiger partial charge in [0.05, 0.1) is 22.0 Å². The third kappa shape index (κ3) is 5.81. The van der Waals surface area contributed by atoms with Crippen LogP contribution >= 0.6 is 11.6 Å². The van der Waals surface area contributed by atoms with Crippen molar-refractivity contribution in [3.05, 3.63) is 94.5 Å². The van der Waals surface area contributed by atoms with E-state index < -0.39 is 21.2 Å². The molecule has 3 heterocycles. The van der Waals surface area contributed by atoms with Crippen LogP contribution in [-0.4, -0.2) is 58.0 Å². The lowest BCUT2D eigenvalue weighted by Gasteiger charge is -2.49. The van der Waals surface area contributed by atoms with Gasteiger partial charge in [0, 0.05) is 59.8 Å². The molecule has 2 aliphatic heterocycles. The molecule has 4 aliphatic rings. The Morgan fingerprint density at radius 1 is 1.15 bits per heavy atom. The van der Waals surface area contributed by atoms with E-state index >= 15 is 0 Å². The SMILES string of the molecule is C=S1(=O)NC(=O)c2ccc3c(c2)N(C[C@@H]2CC[C@H]2[C@](OC)(c2ncccn2)/C=C/C[C@H](C)[C@H]1C)C[C@@]1(CCCc2cc(Cl)ccc21)CO3. The van der Waals surface area contributed by atoms with Crippen molar-refractivity contribution in [3.63, 3.8) is 0 Å². The number of aryl methyl sites for hydroxylation is 1. The summed E-state index contributed by atoms with van der Waals surface area (Å²) < 4.78 is 29.9. The van der Waals surface area contributed by atoms with Crippen LogP contribution in [0.4, 0.5) is 5.69 Å². The van der Waals surface area contributed by atoms with Crippen molar-refractivity contribution in [1.29, 1.82) is 0 Å². The molecular weight excluding hydrogens is 644 g/mol. The second kappa shape index (κ2) is 12.8. The molecule has 7 atom stereocenters. The summed E-state index contributed by atoms with van der Waals surface area (Å²) in [5.74, 6) is 5.36. The number of methoxy groups -OCH3 is 1. The zero-order chi connectivity index (χ0) is 33.7. The molecule has 7 rings (SSSR count). The molecule has 2 aromatic carbocycles. The van der Waals surface area contributed by atoms with Crippen molar-refractivity contribution in [2.45, 2.75) is 68.6 Å². The van der Waals surface area contributed by atoms with E-state index in [-0.39, 0.29) is 28.4 Å². The molecule has 3 aromatic rings. The number of carbonyl (C=O) groups is 1. The van der Waals surface area contributed by atoms with Gasteiger partial charge in [0.1, 0.15) is 11.4 Å². The number of aromatic nitrogens is 2. The van der Waals surface area contributed by atoms with Crippen molar-refractivity contribution in [2.24, 2.45) is 17.8 Å². The summed E-state index contributed by atoms with van der Waals surface area (Å²) >= 11 is 6.47. The molecule has 48 heavy (non-hydrogen) atoms. The number of allylic oxidation sites excluding steroid dienone is 1. The Morgan fingerprint density at radius 2 is 1.96 bits per heavy atom. The van der Waals surface area contributed by atoms with Crippen molar-refractivity contribution in [1.82, 2.24) is 14.7 Å². The maximum atomic E-state index is 13.9. The number of rotatable bonds is 2. The zero-order valence-electron chi connectivity index (χ0n) is 28.0. The van der Waals surface area contributed by atoms with Crippen LogP contribution in [0.25, 0.3) is 0 Å². The second-order valence-electron chi connectivity index (χ2n) is 14.3. The fraction of sp³-hybridized carbons (Fsp3) is 0.474. The molecule has 2 bridgehead atoms. The Bertz CT molecular complexity index is 1840. The van der Waals surface area contributed by atoms with Crippen LogP contribution in [-0.2, 0) is 31.9 Å². The standard InChI is InChI=1S/C38H45ClN4O4S/c1-25-8-5-17-38(46-3,36-40-18-7-19-41-36)32-13-10-29(32)22-43-23-37(16-6-9-27-20-30(39)12-14-31(27)37)24-47-34-15-11-28(21-33(34)43)35(44)42-48(4,45)26(25)2/h5,7,11-12,14-15,17-21,25-26,29,32H,4,6,8-10,13,16,22-24H2,1-3H3,(H,42,44,45)/b17-5+/t25-,26+,29-,32+,37-,38-,48?/m0/s1. The highest BCUT2D eigenvalue weighted by Gasteiger charge is 2.51. The lowest BCUT2D eigenvalue weighted by atomic mass is 9.63. The minimum atomic E-state index is -2.98. The second-order valence-corrected chi connectivity index (χ2v) is 17.1. The van der Waals surface area contributed by atoms with E-state index in [1.165, 1.54) is 11.1 Å². The van der Waals surface area contributed by atoms with Gasteiger partial charge in [-0.2, -0.15) is 0 Å². The predicted octanol–water partition coefficient (Wildman–Crippen LogP) is 6.52. The Balaban J connectivity index is 1.36. The summed E-state index contributed by atoms with van der Waals surface area (Å²) in [6.45, 7) is 5.92. The maximum absolute atomic E-state index is 13.9. The molecule has 1 saturated carbocycles. The molecule has 254 valence electrons. The fourth-order valence-corrected chi connectivity index (χ4v) is 10.1. The van der Waals surface area contributed by atoms with Crippen LogP contribution < -0.4 is 14.4 Å². The lowest BCUT2D eigenvalue weighted by molar-refractivity contribution is -0.0860. The number of hydrogen-bond donors (Lipinski definition) is 1. The third-order valence-electron chi connectivity index (χ3n) is 11.5.